The smallest absolute Gasteiger partial charge is 0.257 e. The number of benzene rings is 2. The normalized spacial score (nSPS) is 26.8. The largest absolute Gasteiger partial charge is 0.322 e. The molecule has 1 saturated carbocycles. The highest BCUT2D eigenvalue weighted by Gasteiger charge is 2.61. The first-order valence-corrected chi connectivity index (χ1v) is 10.5. The number of carbonyl (C=O) groups is 3. The van der Waals surface area contributed by atoms with Crippen molar-refractivity contribution in [1.29, 1.82) is 0 Å². The van der Waals surface area contributed by atoms with Gasteiger partial charge >= 0.3 is 0 Å². The predicted molar refractivity (Wildman–Crippen MR) is 115 cm³/mol. The number of nitrogens with one attached hydrogen (secondary N) is 1. The molecule has 1 saturated heterocycles. The second-order valence-electron chi connectivity index (χ2n) is 8.36. The second kappa shape index (κ2) is 6.81. The summed E-state index contributed by atoms with van der Waals surface area (Å²) >= 11 is 6.16. The van der Waals surface area contributed by atoms with E-state index in [0.717, 1.165) is 12.0 Å². The number of hydrogen-bond donors (Lipinski definition) is 1. The average Bonchev–Trinajstić information content (AvgIpc) is 3.36. The average molecular weight is 421 g/mol. The Bertz CT molecular complexity index is 1140. The van der Waals surface area contributed by atoms with Crippen molar-refractivity contribution in [3.05, 3.63) is 70.3 Å². The fourth-order valence-corrected chi connectivity index (χ4v) is 5.48. The molecule has 2 aliphatic carbocycles. The van der Waals surface area contributed by atoms with Gasteiger partial charge in [-0.2, -0.15) is 0 Å². The summed E-state index contributed by atoms with van der Waals surface area (Å²) in [5.41, 5.74) is 3.18. The molecule has 5 nitrogen and oxygen atoms in total. The lowest BCUT2D eigenvalue weighted by atomic mass is 9.82. The van der Waals surface area contributed by atoms with E-state index in [1.165, 1.54) is 10.5 Å². The predicted octanol–water partition coefficient (Wildman–Crippen LogP) is 4.60. The Hall–Kier alpha value is -2.92. The fourth-order valence-electron chi connectivity index (χ4n) is 5.30. The summed E-state index contributed by atoms with van der Waals surface area (Å²) in [6.07, 6.45) is 3.02. The first kappa shape index (κ1) is 19.1. The molecule has 5 rings (SSSR count). The number of imide groups is 1. The molecule has 2 fully saturated rings. The number of rotatable bonds is 3. The van der Waals surface area contributed by atoms with E-state index < -0.39 is 0 Å². The number of hydrogen-bond acceptors (Lipinski definition) is 3. The van der Waals surface area contributed by atoms with Crippen molar-refractivity contribution in [2.45, 2.75) is 20.3 Å². The summed E-state index contributed by atoms with van der Waals surface area (Å²) in [6, 6.07) is 12.1. The fraction of sp³-hybridized carbons (Fsp3) is 0.292. The summed E-state index contributed by atoms with van der Waals surface area (Å²) < 4.78 is 0. The Morgan fingerprint density at radius 1 is 1.03 bits per heavy atom. The Balaban J connectivity index is 1.49. The van der Waals surface area contributed by atoms with Crippen LogP contribution < -0.4 is 10.2 Å². The van der Waals surface area contributed by atoms with Gasteiger partial charge in [0, 0.05) is 10.7 Å². The van der Waals surface area contributed by atoms with Gasteiger partial charge in [-0.25, -0.2) is 4.90 Å². The molecular formula is C24H21ClN2O3. The maximum atomic E-state index is 13.3. The monoisotopic (exact) mass is 420 g/mol. The SMILES string of the molecule is CC1=C[C@H]2C[C@H]1[C@@H]1C(=O)N(c3ccccc3C(=O)Nc3cccc(Cl)c3C)C(=O)[C@H]12. The van der Waals surface area contributed by atoms with E-state index >= 15 is 0 Å². The summed E-state index contributed by atoms with van der Waals surface area (Å²) in [6.45, 7) is 3.86. The molecule has 1 heterocycles. The molecule has 0 unspecified atom stereocenters. The van der Waals surface area contributed by atoms with Crippen molar-refractivity contribution in [3.63, 3.8) is 0 Å². The maximum absolute atomic E-state index is 13.3. The zero-order valence-electron chi connectivity index (χ0n) is 16.7. The molecule has 4 atom stereocenters. The van der Waals surface area contributed by atoms with Gasteiger partial charge in [0.25, 0.3) is 5.91 Å². The van der Waals surface area contributed by atoms with Gasteiger partial charge in [0.05, 0.1) is 23.1 Å². The van der Waals surface area contributed by atoms with Gasteiger partial charge in [0.15, 0.2) is 0 Å². The summed E-state index contributed by atoms with van der Waals surface area (Å²) in [5, 5.41) is 3.42. The zero-order chi connectivity index (χ0) is 21.2. The molecule has 2 aromatic rings. The van der Waals surface area contributed by atoms with Crippen LogP contribution in [0.3, 0.4) is 0 Å². The molecule has 1 N–H and O–H groups in total. The van der Waals surface area contributed by atoms with Crippen LogP contribution in [-0.2, 0) is 9.59 Å². The van der Waals surface area contributed by atoms with Gasteiger partial charge in [0.1, 0.15) is 0 Å². The molecule has 152 valence electrons. The highest BCUT2D eigenvalue weighted by molar-refractivity contribution is 6.32. The van der Waals surface area contributed by atoms with Gasteiger partial charge in [-0.1, -0.05) is 41.4 Å². The number of nitrogens with zero attached hydrogens (tertiary/aromatic N) is 1. The standard InChI is InChI=1S/C24H21ClN2O3/c1-12-10-14-11-16(12)21-20(14)23(29)27(24(21)30)19-9-4-3-6-15(19)22(28)26-18-8-5-7-17(25)13(18)2/h3-10,14,16,20-21H,11H2,1-2H3,(H,26,28)/t14-,16+,20-,21-/m0/s1. The number of anilines is 2. The van der Waals surface area contributed by atoms with Gasteiger partial charge in [-0.3, -0.25) is 14.4 Å². The van der Waals surface area contributed by atoms with Crippen molar-refractivity contribution in [3.8, 4) is 0 Å². The molecule has 6 heteroatoms. The van der Waals surface area contributed by atoms with E-state index in [4.69, 9.17) is 11.6 Å². The quantitative estimate of drug-likeness (QED) is 0.582. The van der Waals surface area contributed by atoms with Crippen LogP contribution in [0.4, 0.5) is 11.4 Å². The molecule has 0 radical (unpaired) electrons. The van der Waals surface area contributed by atoms with Crippen LogP contribution in [-0.4, -0.2) is 17.7 Å². The molecule has 1 aliphatic heterocycles. The Kier molecular flexibility index (Phi) is 4.33. The third-order valence-corrected chi connectivity index (χ3v) is 7.20. The van der Waals surface area contributed by atoms with Crippen LogP contribution in [0.1, 0.15) is 29.3 Å². The summed E-state index contributed by atoms with van der Waals surface area (Å²) in [5.74, 6) is -1.13. The van der Waals surface area contributed by atoms with Crippen LogP contribution >= 0.6 is 11.6 Å². The van der Waals surface area contributed by atoms with Crippen LogP contribution in [0.25, 0.3) is 0 Å². The van der Waals surface area contributed by atoms with Crippen molar-refractivity contribution < 1.29 is 14.4 Å². The Labute approximate surface area is 179 Å². The second-order valence-corrected chi connectivity index (χ2v) is 8.77. The van der Waals surface area contributed by atoms with Crippen molar-refractivity contribution >= 4 is 40.7 Å². The Morgan fingerprint density at radius 3 is 2.57 bits per heavy atom. The highest BCUT2D eigenvalue weighted by atomic mass is 35.5. The first-order valence-electron chi connectivity index (χ1n) is 10.1. The van der Waals surface area contributed by atoms with E-state index in [1.807, 2.05) is 13.8 Å². The minimum absolute atomic E-state index is 0.122. The molecule has 2 bridgehead atoms. The van der Waals surface area contributed by atoms with Crippen molar-refractivity contribution in [2.75, 3.05) is 10.2 Å². The molecule has 3 amide bonds. The third-order valence-electron chi connectivity index (χ3n) is 6.79. The number of amides is 3. The van der Waals surface area contributed by atoms with Crippen molar-refractivity contribution in [2.24, 2.45) is 23.7 Å². The maximum Gasteiger partial charge on any atom is 0.257 e. The molecule has 0 aromatic heterocycles. The Morgan fingerprint density at radius 2 is 1.77 bits per heavy atom. The number of fused-ring (bicyclic) bond motifs is 5. The lowest BCUT2D eigenvalue weighted by Gasteiger charge is -2.21. The van der Waals surface area contributed by atoms with Gasteiger partial charge in [0.2, 0.25) is 11.8 Å². The molecular weight excluding hydrogens is 400 g/mol. The van der Waals surface area contributed by atoms with E-state index in [1.54, 1.807) is 42.5 Å². The van der Waals surface area contributed by atoms with Gasteiger partial charge in [-0.05, 0) is 61.9 Å². The number of allylic oxidation sites excluding steroid dienone is 2. The minimum Gasteiger partial charge on any atom is -0.322 e. The van der Waals surface area contributed by atoms with E-state index in [0.29, 0.717) is 16.4 Å². The van der Waals surface area contributed by atoms with E-state index in [-0.39, 0.29) is 47.0 Å². The summed E-state index contributed by atoms with van der Waals surface area (Å²) in [7, 11) is 0. The van der Waals surface area contributed by atoms with Crippen LogP contribution in [0.15, 0.2) is 54.1 Å². The van der Waals surface area contributed by atoms with Gasteiger partial charge in [-0.15, -0.1) is 0 Å². The van der Waals surface area contributed by atoms with Gasteiger partial charge < -0.3 is 5.32 Å². The molecule has 0 spiro atoms. The highest BCUT2D eigenvalue weighted by Crippen LogP contribution is 2.56. The third kappa shape index (κ3) is 2.65. The van der Waals surface area contributed by atoms with E-state index in [9.17, 15) is 14.4 Å². The van der Waals surface area contributed by atoms with E-state index in [2.05, 4.69) is 11.4 Å². The van der Waals surface area contributed by atoms with Crippen LogP contribution in [0.2, 0.25) is 5.02 Å². The lowest BCUT2D eigenvalue weighted by Crippen LogP contribution is -2.34. The topological polar surface area (TPSA) is 66.5 Å². The molecule has 3 aliphatic rings. The zero-order valence-corrected chi connectivity index (χ0v) is 17.4. The first-order chi connectivity index (χ1) is 14.4. The number of carbonyl (C=O) groups excluding carboxylic acids is 3. The number of para-hydroxylation sites is 1. The lowest BCUT2D eigenvalue weighted by molar-refractivity contribution is -0.123. The van der Waals surface area contributed by atoms with Crippen molar-refractivity contribution in [1.82, 2.24) is 0 Å². The number of halogens is 1. The minimum atomic E-state index is -0.383. The molecule has 2 aromatic carbocycles. The van der Waals surface area contributed by atoms with Crippen LogP contribution in [0.5, 0.6) is 0 Å². The van der Waals surface area contributed by atoms with Crippen LogP contribution in [0, 0.1) is 30.6 Å². The summed E-state index contributed by atoms with van der Waals surface area (Å²) in [4.78, 5) is 40.9. The molecule has 30 heavy (non-hydrogen) atoms.